The number of nitrogens with zero attached hydrogens (tertiary/aromatic N) is 1. The van der Waals surface area contributed by atoms with E-state index in [4.69, 9.17) is 32.7 Å². The van der Waals surface area contributed by atoms with Gasteiger partial charge in [-0.1, -0.05) is 83.9 Å². The molecule has 1 N–H and O–H groups in total. The van der Waals surface area contributed by atoms with E-state index >= 15 is 0 Å². The van der Waals surface area contributed by atoms with E-state index in [-0.39, 0.29) is 12.2 Å². The second-order valence-corrected chi connectivity index (χ2v) is 9.99. The standard InChI is InChI=1S/C34H24Cl2N2O3/c35-27-9-5-6-23(18-27)21-41-33-17-12-24-7-1-3-10-30(24)31(33)19-26(20-37)34(39)38-28-13-15-29(16-14-28)40-22-25-8-2-4-11-32(25)36/h1-19H,21-22H2,(H,38,39)/b26-19+. The molecule has 0 radical (unpaired) electrons. The number of benzene rings is 5. The molecular weight excluding hydrogens is 555 g/mol. The Morgan fingerprint density at radius 2 is 1.61 bits per heavy atom. The minimum Gasteiger partial charge on any atom is -0.489 e. The van der Waals surface area contributed by atoms with E-state index < -0.39 is 5.91 Å². The van der Waals surface area contributed by atoms with Gasteiger partial charge in [0.05, 0.1) is 0 Å². The normalized spacial score (nSPS) is 11.1. The van der Waals surface area contributed by atoms with Gasteiger partial charge in [-0.25, -0.2) is 0 Å². The molecule has 5 rings (SSSR count). The fourth-order valence-electron chi connectivity index (χ4n) is 4.24. The van der Waals surface area contributed by atoms with Crippen LogP contribution in [0.1, 0.15) is 16.7 Å². The number of rotatable bonds is 9. The number of carbonyl (C=O) groups excluding carboxylic acids is 1. The first-order valence-corrected chi connectivity index (χ1v) is 13.5. The summed E-state index contributed by atoms with van der Waals surface area (Å²) in [7, 11) is 0. The summed E-state index contributed by atoms with van der Waals surface area (Å²) in [6.07, 6.45) is 1.56. The van der Waals surface area contributed by atoms with Crippen molar-refractivity contribution in [3.63, 3.8) is 0 Å². The monoisotopic (exact) mass is 578 g/mol. The van der Waals surface area contributed by atoms with Crippen LogP contribution < -0.4 is 14.8 Å². The summed E-state index contributed by atoms with van der Waals surface area (Å²) in [5, 5.41) is 15.8. The van der Waals surface area contributed by atoms with Gasteiger partial charge < -0.3 is 14.8 Å². The molecule has 0 heterocycles. The van der Waals surface area contributed by atoms with Crippen molar-refractivity contribution in [2.75, 3.05) is 5.32 Å². The Bertz CT molecular complexity index is 1780. The minimum atomic E-state index is -0.536. The Morgan fingerprint density at radius 1 is 0.829 bits per heavy atom. The molecule has 0 aliphatic carbocycles. The number of hydrogen-bond acceptors (Lipinski definition) is 4. The molecule has 0 atom stereocenters. The second-order valence-electron chi connectivity index (χ2n) is 9.15. The second kappa shape index (κ2) is 13.1. The van der Waals surface area contributed by atoms with Gasteiger partial charge in [-0.2, -0.15) is 5.26 Å². The van der Waals surface area contributed by atoms with Crippen molar-refractivity contribution in [1.29, 1.82) is 5.26 Å². The van der Waals surface area contributed by atoms with Crippen LogP contribution >= 0.6 is 23.2 Å². The van der Waals surface area contributed by atoms with Gasteiger partial charge in [0.25, 0.3) is 5.91 Å². The summed E-state index contributed by atoms with van der Waals surface area (Å²) in [6, 6.07) is 35.4. The molecular formula is C34H24Cl2N2O3. The highest BCUT2D eigenvalue weighted by Crippen LogP contribution is 2.31. The number of nitrogens with one attached hydrogen (secondary N) is 1. The van der Waals surface area contributed by atoms with Crippen molar-refractivity contribution in [3.05, 3.63) is 142 Å². The van der Waals surface area contributed by atoms with Crippen LogP contribution in [0.25, 0.3) is 16.8 Å². The van der Waals surface area contributed by atoms with Gasteiger partial charge in [-0.15, -0.1) is 0 Å². The molecule has 5 nitrogen and oxygen atoms in total. The highest BCUT2D eigenvalue weighted by Gasteiger charge is 2.14. The van der Waals surface area contributed by atoms with Gasteiger partial charge in [0, 0.05) is 26.9 Å². The van der Waals surface area contributed by atoms with Crippen LogP contribution in [0.4, 0.5) is 5.69 Å². The number of fused-ring (bicyclic) bond motifs is 1. The molecule has 0 unspecified atom stereocenters. The highest BCUT2D eigenvalue weighted by atomic mass is 35.5. The summed E-state index contributed by atoms with van der Waals surface area (Å²) in [6.45, 7) is 0.595. The van der Waals surface area contributed by atoms with Crippen molar-refractivity contribution in [1.82, 2.24) is 0 Å². The Labute approximate surface area is 248 Å². The molecule has 5 aromatic rings. The molecule has 0 aromatic heterocycles. The molecule has 0 saturated heterocycles. The summed E-state index contributed by atoms with van der Waals surface area (Å²) >= 11 is 12.3. The van der Waals surface area contributed by atoms with E-state index in [9.17, 15) is 10.1 Å². The number of carbonyl (C=O) groups is 1. The molecule has 1 amide bonds. The number of hydrogen-bond donors (Lipinski definition) is 1. The lowest BCUT2D eigenvalue weighted by Crippen LogP contribution is -2.13. The van der Waals surface area contributed by atoms with E-state index in [0.29, 0.717) is 39.4 Å². The third-order valence-electron chi connectivity index (χ3n) is 6.33. The lowest BCUT2D eigenvalue weighted by atomic mass is 10.0. The van der Waals surface area contributed by atoms with Crippen LogP contribution in [0.15, 0.2) is 115 Å². The van der Waals surface area contributed by atoms with Crippen LogP contribution in [0.5, 0.6) is 11.5 Å². The fourth-order valence-corrected chi connectivity index (χ4v) is 4.64. The molecule has 202 valence electrons. The largest absolute Gasteiger partial charge is 0.489 e. The molecule has 0 spiro atoms. The van der Waals surface area contributed by atoms with Gasteiger partial charge in [0.15, 0.2) is 0 Å². The van der Waals surface area contributed by atoms with E-state index in [0.717, 1.165) is 21.9 Å². The van der Waals surface area contributed by atoms with Crippen molar-refractivity contribution in [2.45, 2.75) is 13.2 Å². The molecule has 0 bridgehead atoms. The SMILES string of the molecule is N#C/C(=C\c1c(OCc2cccc(Cl)c2)ccc2ccccc12)C(=O)Nc1ccc(OCc2ccccc2Cl)cc1. The minimum absolute atomic E-state index is 0.0620. The first kappa shape index (κ1) is 27.8. The topological polar surface area (TPSA) is 71.3 Å². The average Bonchev–Trinajstić information content (AvgIpc) is 2.99. The first-order chi connectivity index (χ1) is 20.0. The lowest BCUT2D eigenvalue weighted by Gasteiger charge is -2.13. The molecule has 0 saturated carbocycles. The van der Waals surface area contributed by atoms with Crippen LogP contribution in [-0.4, -0.2) is 5.91 Å². The van der Waals surface area contributed by atoms with E-state index in [2.05, 4.69) is 5.32 Å². The molecule has 0 fully saturated rings. The Hall–Kier alpha value is -4.76. The Morgan fingerprint density at radius 3 is 2.39 bits per heavy atom. The predicted octanol–water partition coefficient (Wildman–Crippen LogP) is 8.85. The van der Waals surface area contributed by atoms with Crippen molar-refractivity contribution in [3.8, 4) is 17.6 Å². The zero-order valence-corrected chi connectivity index (χ0v) is 23.3. The predicted molar refractivity (Wildman–Crippen MR) is 164 cm³/mol. The number of amides is 1. The van der Waals surface area contributed by atoms with Crippen LogP contribution in [0.2, 0.25) is 10.0 Å². The zero-order chi connectivity index (χ0) is 28.6. The van der Waals surface area contributed by atoms with Crippen molar-refractivity contribution < 1.29 is 14.3 Å². The van der Waals surface area contributed by atoms with Gasteiger partial charge in [0.2, 0.25) is 0 Å². The number of ether oxygens (including phenoxy) is 2. The molecule has 0 aliphatic heterocycles. The third-order valence-corrected chi connectivity index (χ3v) is 6.94. The van der Waals surface area contributed by atoms with E-state index in [1.165, 1.54) is 0 Å². The lowest BCUT2D eigenvalue weighted by molar-refractivity contribution is -0.112. The quantitative estimate of drug-likeness (QED) is 0.140. The summed E-state index contributed by atoms with van der Waals surface area (Å²) < 4.78 is 12.0. The molecule has 7 heteroatoms. The molecule has 41 heavy (non-hydrogen) atoms. The first-order valence-electron chi connectivity index (χ1n) is 12.8. The third kappa shape index (κ3) is 7.06. The summed E-state index contributed by atoms with van der Waals surface area (Å²) in [5.74, 6) is 0.631. The van der Waals surface area contributed by atoms with Gasteiger partial charge in [-0.05, 0) is 70.9 Å². The van der Waals surface area contributed by atoms with Gasteiger partial charge in [-0.3, -0.25) is 4.79 Å². The number of nitriles is 1. The Kier molecular flexibility index (Phi) is 8.85. The Balaban J connectivity index is 1.34. The molecule has 0 aliphatic rings. The van der Waals surface area contributed by atoms with Crippen LogP contribution in [0, 0.1) is 11.3 Å². The molecule has 5 aromatic carbocycles. The fraction of sp³-hybridized carbons (Fsp3) is 0.0588. The summed E-state index contributed by atoms with van der Waals surface area (Å²) in [4.78, 5) is 13.1. The maximum absolute atomic E-state index is 13.1. The van der Waals surface area contributed by atoms with E-state index in [1.54, 1.807) is 36.4 Å². The maximum Gasteiger partial charge on any atom is 0.266 e. The highest BCUT2D eigenvalue weighted by molar-refractivity contribution is 6.31. The zero-order valence-electron chi connectivity index (χ0n) is 21.8. The smallest absolute Gasteiger partial charge is 0.266 e. The average molecular weight is 579 g/mol. The summed E-state index contributed by atoms with van der Waals surface area (Å²) in [5.41, 5.74) is 2.88. The maximum atomic E-state index is 13.1. The van der Waals surface area contributed by atoms with Gasteiger partial charge in [0.1, 0.15) is 36.4 Å². The van der Waals surface area contributed by atoms with Crippen molar-refractivity contribution >= 4 is 51.6 Å². The van der Waals surface area contributed by atoms with Crippen molar-refractivity contribution in [2.24, 2.45) is 0 Å². The van der Waals surface area contributed by atoms with Crippen LogP contribution in [-0.2, 0) is 18.0 Å². The number of halogens is 2. The van der Waals surface area contributed by atoms with Crippen LogP contribution in [0.3, 0.4) is 0 Å². The van der Waals surface area contributed by atoms with Gasteiger partial charge >= 0.3 is 0 Å². The van der Waals surface area contributed by atoms with E-state index in [1.807, 2.05) is 84.9 Å². The number of anilines is 1.